The zero-order valence-corrected chi connectivity index (χ0v) is 13.3. The van der Waals surface area contributed by atoms with Crippen molar-refractivity contribution in [1.82, 2.24) is 4.98 Å². The average Bonchev–Trinajstić information content (AvgIpc) is 3.05. The van der Waals surface area contributed by atoms with Crippen molar-refractivity contribution >= 4 is 27.2 Å². The van der Waals surface area contributed by atoms with Crippen molar-refractivity contribution in [3.8, 4) is 0 Å². The van der Waals surface area contributed by atoms with E-state index in [1.54, 1.807) is 11.3 Å². The maximum atomic E-state index is 4.55. The quantitative estimate of drug-likeness (QED) is 0.806. The van der Waals surface area contributed by atoms with Crippen molar-refractivity contribution in [2.75, 3.05) is 11.9 Å². The van der Waals surface area contributed by atoms with Crippen LogP contribution in [0.1, 0.15) is 46.0 Å². The van der Waals surface area contributed by atoms with E-state index in [0.717, 1.165) is 18.3 Å². The smallest absolute Gasteiger partial charge is 0.134 e. The zero-order chi connectivity index (χ0) is 14.0. The highest BCUT2D eigenvalue weighted by atomic mass is 32.1. The van der Waals surface area contributed by atoms with Crippen LogP contribution in [0, 0.1) is 11.3 Å². The van der Waals surface area contributed by atoms with Crippen molar-refractivity contribution in [3.63, 3.8) is 0 Å². The third-order valence-corrected chi connectivity index (χ3v) is 5.40. The molecule has 2 aromatic rings. The molecule has 0 saturated heterocycles. The number of fused-ring (bicyclic) bond motifs is 1. The van der Waals surface area contributed by atoms with Gasteiger partial charge in [-0.25, -0.2) is 4.98 Å². The molecule has 2 nitrogen and oxygen atoms in total. The Bertz CT molecular complexity index is 567. The van der Waals surface area contributed by atoms with Gasteiger partial charge in [0.25, 0.3) is 0 Å². The van der Waals surface area contributed by atoms with E-state index < -0.39 is 0 Å². The SMILES string of the molecule is CC(C)CC1(CNc2nccc3sccc23)CCCC1. The highest BCUT2D eigenvalue weighted by Gasteiger charge is 2.34. The topological polar surface area (TPSA) is 24.9 Å². The van der Waals surface area contributed by atoms with Gasteiger partial charge in [0, 0.05) is 22.8 Å². The minimum atomic E-state index is 0.494. The number of anilines is 1. The lowest BCUT2D eigenvalue weighted by Crippen LogP contribution is -2.28. The lowest BCUT2D eigenvalue weighted by atomic mass is 9.78. The van der Waals surface area contributed by atoms with Gasteiger partial charge >= 0.3 is 0 Å². The van der Waals surface area contributed by atoms with Gasteiger partial charge in [0.2, 0.25) is 0 Å². The third-order valence-electron chi connectivity index (χ3n) is 4.52. The van der Waals surface area contributed by atoms with Gasteiger partial charge in [0.05, 0.1) is 0 Å². The molecule has 1 N–H and O–H groups in total. The van der Waals surface area contributed by atoms with Crippen molar-refractivity contribution in [2.24, 2.45) is 11.3 Å². The lowest BCUT2D eigenvalue weighted by Gasteiger charge is -2.31. The lowest BCUT2D eigenvalue weighted by molar-refractivity contribution is 0.252. The molecule has 0 unspecified atom stereocenters. The van der Waals surface area contributed by atoms with Crippen LogP contribution in [-0.2, 0) is 0 Å². The normalized spacial score (nSPS) is 17.9. The molecule has 20 heavy (non-hydrogen) atoms. The van der Waals surface area contributed by atoms with Gasteiger partial charge in [-0.1, -0.05) is 26.7 Å². The molecule has 0 atom stereocenters. The van der Waals surface area contributed by atoms with Crippen LogP contribution in [0.3, 0.4) is 0 Å². The highest BCUT2D eigenvalue weighted by molar-refractivity contribution is 7.17. The summed E-state index contributed by atoms with van der Waals surface area (Å²) in [6, 6.07) is 4.28. The first kappa shape index (κ1) is 13.9. The zero-order valence-electron chi connectivity index (χ0n) is 12.5. The van der Waals surface area contributed by atoms with Crippen molar-refractivity contribution < 1.29 is 0 Å². The summed E-state index contributed by atoms with van der Waals surface area (Å²) < 4.78 is 1.33. The third kappa shape index (κ3) is 2.83. The predicted octanol–water partition coefficient (Wildman–Crippen LogP) is 5.31. The van der Waals surface area contributed by atoms with E-state index in [1.165, 1.54) is 42.2 Å². The van der Waals surface area contributed by atoms with Crippen LogP contribution in [-0.4, -0.2) is 11.5 Å². The van der Waals surface area contributed by atoms with Gasteiger partial charge in [-0.2, -0.15) is 0 Å². The van der Waals surface area contributed by atoms with Crippen molar-refractivity contribution in [2.45, 2.75) is 46.0 Å². The molecule has 1 aliphatic carbocycles. The second-order valence-corrected chi connectivity index (χ2v) is 7.60. The van der Waals surface area contributed by atoms with E-state index in [0.29, 0.717) is 5.41 Å². The molecule has 2 heterocycles. The Hall–Kier alpha value is -1.09. The Balaban J connectivity index is 1.75. The largest absolute Gasteiger partial charge is 0.369 e. The van der Waals surface area contributed by atoms with E-state index >= 15 is 0 Å². The molecule has 3 rings (SSSR count). The summed E-state index contributed by atoms with van der Waals surface area (Å²) in [6.45, 7) is 5.77. The van der Waals surface area contributed by atoms with Gasteiger partial charge in [0.1, 0.15) is 5.82 Å². The summed E-state index contributed by atoms with van der Waals surface area (Å²) in [4.78, 5) is 4.55. The summed E-state index contributed by atoms with van der Waals surface area (Å²) in [6.07, 6.45) is 8.79. The Kier molecular flexibility index (Phi) is 3.97. The maximum absolute atomic E-state index is 4.55. The summed E-state index contributed by atoms with van der Waals surface area (Å²) in [7, 11) is 0. The molecular formula is C17H24N2S. The number of nitrogens with zero attached hydrogens (tertiary/aromatic N) is 1. The van der Waals surface area contributed by atoms with Crippen molar-refractivity contribution in [1.29, 1.82) is 0 Å². The van der Waals surface area contributed by atoms with Crippen molar-refractivity contribution in [3.05, 3.63) is 23.7 Å². The number of hydrogen-bond acceptors (Lipinski definition) is 3. The number of nitrogens with one attached hydrogen (secondary N) is 1. The standard InChI is InChI=1S/C17H24N2S/c1-13(2)11-17(7-3-4-8-17)12-19-16-14-6-10-20-15(14)5-9-18-16/h5-6,9-10,13H,3-4,7-8,11-12H2,1-2H3,(H,18,19). The second-order valence-electron chi connectivity index (χ2n) is 6.65. The molecule has 0 aromatic carbocycles. The van der Waals surface area contributed by atoms with E-state index in [4.69, 9.17) is 0 Å². The fourth-order valence-corrected chi connectivity index (χ4v) is 4.53. The molecule has 0 radical (unpaired) electrons. The van der Waals surface area contributed by atoms with Crippen LogP contribution in [0.25, 0.3) is 10.1 Å². The summed E-state index contributed by atoms with van der Waals surface area (Å²) >= 11 is 1.79. The van der Waals surface area contributed by atoms with Crippen LogP contribution in [0.4, 0.5) is 5.82 Å². The van der Waals surface area contributed by atoms with Crippen LogP contribution in [0.5, 0.6) is 0 Å². The molecule has 3 heteroatoms. The Labute approximate surface area is 125 Å². The van der Waals surface area contributed by atoms with Gasteiger partial charge in [0.15, 0.2) is 0 Å². The Morgan fingerprint density at radius 3 is 2.85 bits per heavy atom. The maximum Gasteiger partial charge on any atom is 0.134 e. The Morgan fingerprint density at radius 2 is 2.10 bits per heavy atom. The van der Waals surface area contributed by atoms with Crippen LogP contribution in [0.15, 0.2) is 23.7 Å². The van der Waals surface area contributed by atoms with Gasteiger partial charge in [-0.3, -0.25) is 0 Å². The molecule has 0 bridgehead atoms. The first-order chi connectivity index (χ1) is 9.69. The minimum absolute atomic E-state index is 0.494. The predicted molar refractivity (Wildman–Crippen MR) is 88.5 cm³/mol. The number of rotatable bonds is 5. The summed E-state index contributed by atoms with van der Waals surface area (Å²) in [5, 5.41) is 7.08. The molecule has 0 spiro atoms. The highest BCUT2D eigenvalue weighted by Crippen LogP contribution is 2.43. The van der Waals surface area contributed by atoms with Crippen LogP contribution < -0.4 is 5.32 Å². The van der Waals surface area contributed by atoms with Crippen LogP contribution >= 0.6 is 11.3 Å². The van der Waals surface area contributed by atoms with Crippen LogP contribution in [0.2, 0.25) is 0 Å². The van der Waals surface area contributed by atoms with Gasteiger partial charge < -0.3 is 5.32 Å². The van der Waals surface area contributed by atoms with E-state index in [9.17, 15) is 0 Å². The molecule has 2 aromatic heterocycles. The molecule has 108 valence electrons. The number of pyridine rings is 1. The second kappa shape index (κ2) is 5.72. The molecule has 1 fully saturated rings. The van der Waals surface area contributed by atoms with E-state index in [-0.39, 0.29) is 0 Å². The molecule has 0 aliphatic heterocycles. The molecule has 1 saturated carbocycles. The monoisotopic (exact) mass is 288 g/mol. The number of thiophene rings is 1. The fraction of sp³-hybridized carbons (Fsp3) is 0.588. The Morgan fingerprint density at radius 1 is 1.30 bits per heavy atom. The molecule has 0 amide bonds. The average molecular weight is 288 g/mol. The summed E-state index contributed by atoms with van der Waals surface area (Å²) in [5.41, 5.74) is 0.494. The van der Waals surface area contributed by atoms with Gasteiger partial charge in [-0.15, -0.1) is 11.3 Å². The number of aromatic nitrogens is 1. The van der Waals surface area contributed by atoms with Gasteiger partial charge in [-0.05, 0) is 48.1 Å². The van der Waals surface area contributed by atoms with E-state index in [1.807, 2.05) is 6.20 Å². The van der Waals surface area contributed by atoms with E-state index in [2.05, 4.69) is 41.7 Å². The first-order valence-electron chi connectivity index (χ1n) is 7.75. The fourth-order valence-electron chi connectivity index (χ4n) is 3.75. The minimum Gasteiger partial charge on any atom is -0.369 e. The summed E-state index contributed by atoms with van der Waals surface area (Å²) in [5.74, 6) is 1.85. The number of hydrogen-bond donors (Lipinski definition) is 1. The molecule has 1 aliphatic rings. The first-order valence-corrected chi connectivity index (χ1v) is 8.63. The molecular weight excluding hydrogens is 264 g/mol.